The minimum absolute atomic E-state index is 0.248. The monoisotopic (exact) mass is 512 g/mol. The molecule has 2 rings (SSSR count). The highest BCUT2D eigenvalue weighted by Gasteiger charge is 2.38. The van der Waals surface area contributed by atoms with Crippen molar-refractivity contribution >= 4 is 5.97 Å². The molecule has 3 atom stereocenters. The summed E-state index contributed by atoms with van der Waals surface area (Å²) in [6.45, 7) is 13.7. The first kappa shape index (κ1) is 30.5. The maximum absolute atomic E-state index is 13.4. The molecule has 3 unspecified atom stereocenters. The second kappa shape index (κ2) is 13.2. The van der Waals surface area contributed by atoms with Gasteiger partial charge in [0.05, 0.1) is 5.92 Å². The highest BCUT2D eigenvalue weighted by atomic mass is 19.4. The Morgan fingerprint density at radius 3 is 2.25 bits per heavy atom. The summed E-state index contributed by atoms with van der Waals surface area (Å²) in [6.07, 6.45) is 4.09. The number of halogens is 3. The Hall–Kier alpha value is -1.72. The van der Waals surface area contributed by atoms with Crippen molar-refractivity contribution in [1.29, 1.82) is 0 Å². The summed E-state index contributed by atoms with van der Waals surface area (Å²) in [7, 11) is 0. The molecular formula is C30H47F3O3. The van der Waals surface area contributed by atoms with Crippen LogP contribution in [0.1, 0.15) is 116 Å². The Morgan fingerprint density at radius 1 is 1.06 bits per heavy atom. The highest BCUT2D eigenvalue weighted by Crippen LogP contribution is 2.42. The number of rotatable bonds is 13. The molecule has 36 heavy (non-hydrogen) atoms. The van der Waals surface area contributed by atoms with Crippen LogP contribution in [0.5, 0.6) is 11.5 Å². The van der Waals surface area contributed by atoms with Crippen LogP contribution < -0.4 is 9.47 Å². The molecule has 0 saturated heterocycles. The fourth-order valence-electron chi connectivity index (χ4n) is 5.48. The molecule has 3 nitrogen and oxygen atoms in total. The van der Waals surface area contributed by atoms with E-state index in [1.807, 2.05) is 19.9 Å². The van der Waals surface area contributed by atoms with Crippen LogP contribution in [-0.2, 0) is 11.2 Å². The van der Waals surface area contributed by atoms with Gasteiger partial charge in [-0.2, -0.15) is 13.2 Å². The van der Waals surface area contributed by atoms with Gasteiger partial charge in [-0.05, 0) is 88.3 Å². The highest BCUT2D eigenvalue weighted by molar-refractivity contribution is 5.71. The van der Waals surface area contributed by atoms with Gasteiger partial charge in [-0.25, -0.2) is 0 Å². The van der Waals surface area contributed by atoms with Gasteiger partial charge >= 0.3 is 12.1 Å². The Bertz CT molecular complexity index is 862. The summed E-state index contributed by atoms with van der Waals surface area (Å²) < 4.78 is 52.1. The molecule has 1 aliphatic heterocycles. The van der Waals surface area contributed by atoms with Crippen molar-refractivity contribution in [2.75, 3.05) is 0 Å². The van der Waals surface area contributed by atoms with E-state index < -0.39 is 12.1 Å². The SMILES string of the molecule is CC(=O)Oc1c(C)cc2c(c1C)CCC(C)(CCCC(C)CCCC(CCCC(C)C)C(F)(F)F)O2. The summed E-state index contributed by atoms with van der Waals surface area (Å²) >= 11 is 0. The molecule has 1 aliphatic rings. The van der Waals surface area contributed by atoms with Gasteiger partial charge in [0.2, 0.25) is 0 Å². The van der Waals surface area contributed by atoms with E-state index in [9.17, 15) is 18.0 Å². The van der Waals surface area contributed by atoms with Crippen molar-refractivity contribution in [2.24, 2.45) is 17.8 Å². The van der Waals surface area contributed by atoms with Crippen molar-refractivity contribution in [3.05, 3.63) is 22.8 Å². The first-order valence-electron chi connectivity index (χ1n) is 13.8. The summed E-state index contributed by atoms with van der Waals surface area (Å²) in [4.78, 5) is 11.5. The predicted octanol–water partition coefficient (Wildman–Crippen LogP) is 9.29. The molecule has 0 fully saturated rings. The molecule has 1 aromatic carbocycles. The lowest BCUT2D eigenvalue weighted by Crippen LogP contribution is -2.36. The normalized spacial score (nSPS) is 19.5. The van der Waals surface area contributed by atoms with E-state index in [0.29, 0.717) is 30.4 Å². The van der Waals surface area contributed by atoms with Crippen molar-refractivity contribution in [3.8, 4) is 11.5 Å². The number of carbonyl (C=O) groups is 1. The van der Waals surface area contributed by atoms with Gasteiger partial charge < -0.3 is 9.47 Å². The lowest BCUT2D eigenvalue weighted by molar-refractivity contribution is -0.179. The molecule has 0 aliphatic carbocycles. The first-order valence-corrected chi connectivity index (χ1v) is 13.8. The van der Waals surface area contributed by atoms with Gasteiger partial charge in [-0.15, -0.1) is 0 Å². The summed E-state index contributed by atoms with van der Waals surface area (Å²) in [6, 6.07) is 1.97. The fraction of sp³-hybridized carbons (Fsp3) is 0.767. The predicted molar refractivity (Wildman–Crippen MR) is 140 cm³/mol. The van der Waals surface area contributed by atoms with Crippen LogP contribution in [0.25, 0.3) is 0 Å². The largest absolute Gasteiger partial charge is 0.487 e. The van der Waals surface area contributed by atoms with E-state index in [0.717, 1.165) is 67.4 Å². The second-order valence-corrected chi connectivity index (χ2v) is 11.8. The Labute approximate surface area is 216 Å². The molecular weight excluding hydrogens is 465 g/mol. The first-order chi connectivity index (χ1) is 16.7. The zero-order valence-corrected chi connectivity index (χ0v) is 23.4. The summed E-state index contributed by atoms with van der Waals surface area (Å²) in [5.74, 6) is 0.884. The molecule has 6 heteroatoms. The maximum atomic E-state index is 13.4. The molecule has 0 spiro atoms. The Balaban J connectivity index is 1.81. The van der Waals surface area contributed by atoms with Gasteiger partial charge in [0.15, 0.2) is 0 Å². The maximum Gasteiger partial charge on any atom is 0.391 e. The van der Waals surface area contributed by atoms with Crippen molar-refractivity contribution in [3.63, 3.8) is 0 Å². The van der Waals surface area contributed by atoms with Crippen molar-refractivity contribution in [1.82, 2.24) is 0 Å². The third-order valence-electron chi connectivity index (χ3n) is 7.75. The number of esters is 1. The minimum Gasteiger partial charge on any atom is -0.487 e. The minimum atomic E-state index is -4.08. The van der Waals surface area contributed by atoms with E-state index in [4.69, 9.17) is 9.47 Å². The van der Waals surface area contributed by atoms with E-state index in [-0.39, 0.29) is 24.4 Å². The molecule has 0 N–H and O–H groups in total. The van der Waals surface area contributed by atoms with Crippen LogP contribution in [-0.4, -0.2) is 17.7 Å². The average molecular weight is 513 g/mol. The number of fused-ring (bicyclic) bond motifs is 1. The average Bonchev–Trinajstić information content (AvgIpc) is 2.74. The van der Waals surface area contributed by atoms with Crippen LogP contribution >= 0.6 is 0 Å². The summed E-state index contributed by atoms with van der Waals surface area (Å²) in [5.41, 5.74) is 2.71. The number of ether oxygens (including phenoxy) is 2. The van der Waals surface area contributed by atoms with Crippen LogP contribution in [0.4, 0.5) is 13.2 Å². The van der Waals surface area contributed by atoms with E-state index in [2.05, 4.69) is 27.7 Å². The van der Waals surface area contributed by atoms with E-state index in [1.165, 1.54) is 6.92 Å². The zero-order chi connectivity index (χ0) is 27.1. The quantitative estimate of drug-likeness (QED) is 0.195. The summed E-state index contributed by atoms with van der Waals surface area (Å²) in [5, 5.41) is 0. The van der Waals surface area contributed by atoms with Gasteiger partial charge in [0.1, 0.15) is 17.1 Å². The lowest BCUT2D eigenvalue weighted by atomic mass is 9.84. The topological polar surface area (TPSA) is 35.5 Å². The number of aryl methyl sites for hydroxylation is 1. The van der Waals surface area contributed by atoms with Crippen LogP contribution in [0.3, 0.4) is 0 Å². The molecule has 1 heterocycles. The second-order valence-electron chi connectivity index (χ2n) is 11.8. The molecule has 0 aromatic heterocycles. The van der Waals surface area contributed by atoms with Gasteiger partial charge in [-0.1, -0.05) is 52.9 Å². The van der Waals surface area contributed by atoms with Gasteiger partial charge in [-0.3, -0.25) is 4.79 Å². The Morgan fingerprint density at radius 2 is 1.67 bits per heavy atom. The van der Waals surface area contributed by atoms with Gasteiger partial charge in [0.25, 0.3) is 0 Å². The number of hydrogen-bond acceptors (Lipinski definition) is 3. The third-order valence-corrected chi connectivity index (χ3v) is 7.75. The van der Waals surface area contributed by atoms with Crippen molar-refractivity contribution < 1.29 is 27.4 Å². The molecule has 0 amide bonds. The Kier molecular flexibility index (Phi) is 11.2. The number of hydrogen-bond donors (Lipinski definition) is 0. The molecule has 0 radical (unpaired) electrons. The molecule has 0 saturated carbocycles. The van der Waals surface area contributed by atoms with E-state index >= 15 is 0 Å². The zero-order valence-electron chi connectivity index (χ0n) is 23.4. The smallest absolute Gasteiger partial charge is 0.391 e. The molecule has 1 aromatic rings. The number of benzene rings is 1. The van der Waals surface area contributed by atoms with Gasteiger partial charge in [0, 0.05) is 12.5 Å². The number of carbonyl (C=O) groups excluding carboxylic acids is 1. The fourth-order valence-corrected chi connectivity index (χ4v) is 5.48. The van der Waals surface area contributed by atoms with E-state index in [1.54, 1.807) is 0 Å². The van der Waals surface area contributed by atoms with Crippen LogP contribution in [0.2, 0.25) is 0 Å². The third kappa shape index (κ3) is 9.30. The number of alkyl halides is 3. The van der Waals surface area contributed by atoms with Crippen LogP contribution in [0.15, 0.2) is 6.07 Å². The molecule has 0 bridgehead atoms. The molecule has 206 valence electrons. The lowest BCUT2D eigenvalue weighted by Gasteiger charge is -2.37. The standard InChI is InChI=1S/C30H47F3O3/c1-20(2)11-8-14-25(30(31,32)33)15-9-12-21(3)13-10-17-29(7)18-16-26-23(5)28(35-24(6)34)22(4)19-27(26)36-29/h19-21,25H,8-18H2,1-7H3. The van der Waals surface area contributed by atoms with Crippen LogP contribution in [0, 0.1) is 31.6 Å². The van der Waals surface area contributed by atoms with Crippen molar-refractivity contribution in [2.45, 2.75) is 131 Å².